The van der Waals surface area contributed by atoms with Crippen LogP contribution in [-0.4, -0.2) is 76.7 Å². The SMILES string of the molecule is CCC(=O)O[C@@H]1[C@@]2(O)[C@@H](OC(=O)C(C)C)[C@]3(C)CC24OC2(C)O[C@]15[C@@H]1CC(=O)O[C@@H](c6ccoc6)[C@]1(C)CC[C@]5(O2)[C@]4(C)[C@H]3CC(=O)OC. The average Bonchev–Trinajstić information content (AvgIpc) is 3.74. The molecule has 4 heterocycles. The Morgan fingerprint density at radius 2 is 1.69 bits per heavy atom. The van der Waals surface area contributed by atoms with Crippen LogP contribution in [0.25, 0.3) is 0 Å². The van der Waals surface area contributed by atoms with Crippen LogP contribution in [0.3, 0.4) is 0 Å². The number of esters is 4. The number of furan rings is 1. The van der Waals surface area contributed by atoms with Crippen LogP contribution in [0.2, 0.25) is 0 Å². The molecule has 3 aliphatic heterocycles. The molecule has 1 aromatic rings. The molecule has 3 saturated heterocycles. The first-order valence-electron chi connectivity index (χ1n) is 17.4. The number of carbonyl (C=O) groups excluding carboxylic acids is 4. The van der Waals surface area contributed by atoms with Crippen LogP contribution in [0.5, 0.6) is 0 Å². The van der Waals surface area contributed by atoms with Crippen molar-refractivity contribution in [3.63, 3.8) is 0 Å². The number of rotatable bonds is 7. The van der Waals surface area contributed by atoms with Crippen molar-refractivity contribution in [3.05, 3.63) is 24.2 Å². The largest absolute Gasteiger partial charge is 0.472 e. The van der Waals surface area contributed by atoms with Gasteiger partial charge < -0.3 is 42.7 Å². The molecule has 8 rings (SSSR count). The highest BCUT2D eigenvalue weighted by molar-refractivity contribution is 5.75. The van der Waals surface area contributed by atoms with Gasteiger partial charge in [0.2, 0.25) is 0 Å². The fourth-order valence-electron chi connectivity index (χ4n) is 12.5. The molecule has 1 aromatic heterocycles. The maximum Gasteiger partial charge on any atom is 0.308 e. The van der Waals surface area contributed by atoms with E-state index in [1.165, 1.54) is 13.4 Å². The van der Waals surface area contributed by atoms with Crippen molar-refractivity contribution in [1.29, 1.82) is 0 Å². The predicted molar refractivity (Wildman–Crippen MR) is 164 cm³/mol. The van der Waals surface area contributed by atoms with E-state index in [2.05, 4.69) is 0 Å². The van der Waals surface area contributed by atoms with E-state index in [-0.39, 0.29) is 25.7 Å². The summed E-state index contributed by atoms with van der Waals surface area (Å²) in [6.07, 6.45) is 0.132. The zero-order valence-electron chi connectivity index (χ0n) is 29.3. The number of methoxy groups -OCH3 is 1. The van der Waals surface area contributed by atoms with Gasteiger partial charge in [-0.05, 0) is 31.2 Å². The minimum Gasteiger partial charge on any atom is -0.472 e. The molecule has 0 aromatic carbocycles. The van der Waals surface area contributed by atoms with Gasteiger partial charge in [0.15, 0.2) is 11.7 Å². The van der Waals surface area contributed by atoms with Crippen molar-refractivity contribution in [2.45, 2.75) is 134 Å². The lowest BCUT2D eigenvalue weighted by molar-refractivity contribution is -0.478. The van der Waals surface area contributed by atoms with Crippen molar-refractivity contribution in [2.75, 3.05) is 7.11 Å². The Bertz CT molecular complexity index is 1640. The van der Waals surface area contributed by atoms with Gasteiger partial charge >= 0.3 is 23.9 Å². The van der Waals surface area contributed by atoms with Gasteiger partial charge in [0.25, 0.3) is 5.97 Å². The fourth-order valence-corrected chi connectivity index (χ4v) is 12.5. The molecule has 4 aliphatic carbocycles. The quantitative estimate of drug-likeness (QED) is 0.325. The van der Waals surface area contributed by atoms with E-state index in [4.69, 9.17) is 37.6 Å². The summed E-state index contributed by atoms with van der Waals surface area (Å²) in [6, 6.07) is 1.75. The highest BCUT2D eigenvalue weighted by Gasteiger charge is 3.04. The first kappa shape index (κ1) is 33.2. The predicted octanol–water partition coefficient (Wildman–Crippen LogP) is 3.89. The number of aliphatic hydroxyl groups is 1. The van der Waals surface area contributed by atoms with Gasteiger partial charge in [0, 0.05) is 47.5 Å². The van der Waals surface area contributed by atoms with Crippen molar-refractivity contribution in [1.82, 2.24) is 0 Å². The van der Waals surface area contributed by atoms with E-state index in [0.717, 1.165) is 0 Å². The third-order valence-electron chi connectivity index (χ3n) is 14.2. The summed E-state index contributed by atoms with van der Waals surface area (Å²) in [7, 11) is 1.32. The van der Waals surface area contributed by atoms with Crippen LogP contribution >= 0.6 is 0 Å². The van der Waals surface area contributed by atoms with E-state index in [0.29, 0.717) is 18.4 Å². The third kappa shape index (κ3) is 3.38. The lowest BCUT2D eigenvalue weighted by Gasteiger charge is -2.77. The van der Waals surface area contributed by atoms with Crippen LogP contribution in [0.1, 0.15) is 98.7 Å². The van der Waals surface area contributed by atoms with Gasteiger partial charge in [-0.15, -0.1) is 0 Å². The zero-order chi connectivity index (χ0) is 35.4. The molecule has 0 amide bonds. The second kappa shape index (κ2) is 9.65. The van der Waals surface area contributed by atoms with Gasteiger partial charge in [-0.25, -0.2) is 0 Å². The van der Waals surface area contributed by atoms with Crippen molar-refractivity contribution < 1.29 is 61.9 Å². The lowest BCUT2D eigenvalue weighted by Crippen LogP contribution is -2.93. The lowest BCUT2D eigenvalue weighted by atomic mass is 9.33. The zero-order valence-corrected chi connectivity index (χ0v) is 29.3. The molecule has 13 nitrogen and oxygen atoms in total. The Kier molecular flexibility index (Phi) is 6.53. The Balaban J connectivity index is 1.45. The standard InChI is InChI=1S/C36H46O13/c1-9-22(37)45-28-35(41)27(46-26(40)18(2)3)30(5)17-34(35)31(6,20(30)14-23(38)42-8)33-12-11-29(4)21(36(28,33)49-32(7,47-33)48-34)15-24(39)44-25(29)19-10-13-43-16-19/h10,13,16,18,20-21,25,27-28,41H,9,11-12,14-15,17H2,1-8H3/t20-,21+,25-,27-,28+,29+,30+,31-,32?,33-,34?,35-,36+/m0/s1. The van der Waals surface area contributed by atoms with Gasteiger partial charge in [0.1, 0.15) is 29.0 Å². The molecule has 1 N–H and O–H groups in total. The molecule has 13 heteroatoms. The smallest absolute Gasteiger partial charge is 0.308 e. The summed E-state index contributed by atoms with van der Waals surface area (Å²) in [4.78, 5) is 54.3. The van der Waals surface area contributed by atoms with Crippen LogP contribution in [0.15, 0.2) is 23.0 Å². The molecule has 0 radical (unpaired) electrons. The minimum atomic E-state index is -2.20. The summed E-state index contributed by atoms with van der Waals surface area (Å²) in [5, 5.41) is 13.8. The van der Waals surface area contributed by atoms with Crippen LogP contribution in [-0.2, 0) is 52.3 Å². The Morgan fingerprint density at radius 1 is 0.980 bits per heavy atom. The molecule has 4 saturated carbocycles. The fraction of sp³-hybridized carbons (Fsp3) is 0.778. The molecular weight excluding hydrogens is 640 g/mol. The molecule has 7 aliphatic rings. The van der Waals surface area contributed by atoms with E-state index in [9.17, 15) is 24.3 Å². The molecular formula is C36H46O13. The van der Waals surface area contributed by atoms with Crippen molar-refractivity contribution in [3.8, 4) is 0 Å². The highest BCUT2D eigenvalue weighted by atomic mass is 16.9. The summed E-state index contributed by atoms with van der Waals surface area (Å²) in [5.41, 5.74) is -9.37. The Hall–Kier alpha value is -3.00. The summed E-state index contributed by atoms with van der Waals surface area (Å²) >= 11 is 0. The number of fused-ring (bicyclic) bond motifs is 3. The number of hydrogen-bond donors (Lipinski definition) is 1. The van der Waals surface area contributed by atoms with Crippen LogP contribution in [0, 0.1) is 34.0 Å². The summed E-state index contributed by atoms with van der Waals surface area (Å²) in [6.45, 7) is 12.5. The average molecular weight is 687 g/mol. The van der Waals surface area contributed by atoms with Crippen molar-refractivity contribution in [2.24, 2.45) is 34.0 Å². The number of ether oxygens (including phenoxy) is 7. The number of hydrogen-bond acceptors (Lipinski definition) is 13. The number of cyclic esters (lactones) is 1. The molecule has 2 unspecified atom stereocenters. The normalized spacial score (nSPS) is 51.2. The van der Waals surface area contributed by atoms with E-state index in [1.807, 2.05) is 20.8 Å². The Morgan fingerprint density at radius 3 is 2.33 bits per heavy atom. The first-order chi connectivity index (χ1) is 22.9. The summed E-state index contributed by atoms with van der Waals surface area (Å²) < 4.78 is 50.8. The maximum atomic E-state index is 13.8. The summed E-state index contributed by atoms with van der Waals surface area (Å²) in [5.74, 6) is -5.93. The third-order valence-corrected chi connectivity index (χ3v) is 14.2. The molecule has 7 fully saturated rings. The second-order valence-electron chi connectivity index (χ2n) is 16.5. The highest BCUT2D eigenvalue weighted by Crippen LogP contribution is 2.89. The van der Waals surface area contributed by atoms with Gasteiger partial charge in [-0.1, -0.05) is 41.5 Å². The second-order valence-corrected chi connectivity index (χ2v) is 16.5. The van der Waals surface area contributed by atoms with Gasteiger partial charge in [-0.3, -0.25) is 19.2 Å². The molecule has 13 atom stereocenters. The van der Waals surface area contributed by atoms with E-state index >= 15 is 0 Å². The minimum absolute atomic E-state index is 0.0286. The van der Waals surface area contributed by atoms with E-state index in [1.54, 1.807) is 40.0 Å². The monoisotopic (exact) mass is 686 g/mol. The number of carbonyl (C=O) groups is 4. The van der Waals surface area contributed by atoms with Crippen molar-refractivity contribution >= 4 is 23.9 Å². The molecule has 49 heavy (non-hydrogen) atoms. The molecule has 4 bridgehead atoms. The topological polar surface area (TPSA) is 166 Å². The van der Waals surface area contributed by atoms with Gasteiger partial charge in [0.05, 0.1) is 32.0 Å². The Labute approximate surface area is 284 Å². The van der Waals surface area contributed by atoms with Crippen LogP contribution in [0.4, 0.5) is 0 Å². The maximum absolute atomic E-state index is 13.8. The van der Waals surface area contributed by atoms with Crippen LogP contribution < -0.4 is 0 Å². The molecule has 2 spiro atoms. The van der Waals surface area contributed by atoms with E-state index < -0.39 is 105 Å². The first-order valence-corrected chi connectivity index (χ1v) is 17.4. The van der Waals surface area contributed by atoms with Gasteiger partial charge in [-0.2, -0.15) is 0 Å². The molecule has 268 valence electrons.